The maximum Gasteiger partial charge on any atom is 0.0695 e. The summed E-state index contributed by atoms with van der Waals surface area (Å²) in [6, 6.07) is 10.8. The van der Waals surface area contributed by atoms with Gasteiger partial charge < -0.3 is 9.64 Å². The number of pyridine rings is 1. The van der Waals surface area contributed by atoms with E-state index in [-0.39, 0.29) is 0 Å². The van der Waals surface area contributed by atoms with Crippen molar-refractivity contribution >= 4 is 0 Å². The molecule has 6 nitrogen and oxygen atoms in total. The van der Waals surface area contributed by atoms with Gasteiger partial charge in [0, 0.05) is 58.1 Å². The standard InChI is InChI=1S/C27H37N5O/c1-22-17-23(2)26(27(18-22)32-12-4-9-29-32)21-31(19-24-5-10-28-11-6-24)20-25-7-13-30(14-8-25)15-16-33-3/h4-6,9-12,17-18,25H,7-8,13-16,19-21H2,1-3H3. The molecule has 4 rings (SSSR count). The molecule has 1 aliphatic heterocycles. The van der Waals surface area contributed by atoms with Crippen LogP contribution in [0.3, 0.4) is 0 Å². The lowest BCUT2D eigenvalue weighted by Crippen LogP contribution is -2.39. The van der Waals surface area contributed by atoms with Gasteiger partial charge >= 0.3 is 0 Å². The van der Waals surface area contributed by atoms with Crippen LogP contribution >= 0.6 is 0 Å². The lowest BCUT2D eigenvalue weighted by Gasteiger charge is -2.35. The summed E-state index contributed by atoms with van der Waals surface area (Å²) in [5.74, 6) is 0.713. The average Bonchev–Trinajstić information content (AvgIpc) is 3.36. The van der Waals surface area contributed by atoms with E-state index in [1.165, 1.54) is 53.9 Å². The summed E-state index contributed by atoms with van der Waals surface area (Å²) in [5.41, 5.74) is 6.45. The van der Waals surface area contributed by atoms with Gasteiger partial charge in [0.25, 0.3) is 0 Å². The van der Waals surface area contributed by atoms with Gasteiger partial charge in [0.1, 0.15) is 0 Å². The van der Waals surface area contributed by atoms with Crippen LogP contribution in [0.4, 0.5) is 0 Å². The zero-order valence-corrected chi connectivity index (χ0v) is 20.3. The second kappa shape index (κ2) is 11.5. The average molecular weight is 448 g/mol. The van der Waals surface area contributed by atoms with E-state index in [0.29, 0.717) is 5.92 Å². The van der Waals surface area contributed by atoms with E-state index in [9.17, 15) is 0 Å². The van der Waals surface area contributed by atoms with E-state index >= 15 is 0 Å². The summed E-state index contributed by atoms with van der Waals surface area (Å²) >= 11 is 0. The van der Waals surface area contributed by atoms with Crippen LogP contribution in [0.25, 0.3) is 5.69 Å². The maximum atomic E-state index is 5.27. The molecule has 0 amide bonds. The molecule has 0 spiro atoms. The molecular weight excluding hydrogens is 410 g/mol. The van der Waals surface area contributed by atoms with E-state index in [2.05, 4.69) is 58.0 Å². The molecule has 0 atom stereocenters. The Hall–Kier alpha value is -2.54. The molecule has 2 aromatic heterocycles. The van der Waals surface area contributed by atoms with Crippen LogP contribution in [0.2, 0.25) is 0 Å². The predicted molar refractivity (Wildman–Crippen MR) is 132 cm³/mol. The van der Waals surface area contributed by atoms with Crippen LogP contribution in [0, 0.1) is 19.8 Å². The third-order valence-corrected chi connectivity index (χ3v) is 6.72. The van der Waals surface area contributed by atoms with Gasteiger partial charge in [-0.2, -0.15) is 5.10 Å². The number of nitrogens with zero attached hydrogens (tertiary/aromatic N) is 5. The number of benzene rings is 1. The van der Waals surface area contributed by atoms with Crippen molar-refractivity contribution in [2.24, 2.45) is 5.92 Å². The highest BCUT2D eigenvalue weighted by Crippen LogP contribution is 2.26. The first kappa shape index (κ1) is 23.6. The number of rotatable bonds is 10. The second-order valence-electron chi connectivity index (χ2n) is 9.33. The molecule has 3 aromatic rings. The molecule has 1 fully saturated rings. The van der Waals surface area contributed by atoms with Crippen molar-refractivity contribution in [2.75, 3.05) is 39.9 Å². The van der Waals surface area contributed by atoms with Gasteiger partial charge in [-0.05, 0) is 92.2 Å². The number of hydrogen-bond acceptors (Lipinski definition) is 5. The second-order valence-corrected chi connectivity index (χ2v) is 9.33. The Labute approximate surface area is 198 Å². The normalized spacial score (nSPS) is 15.4. The summed E-state index contributed by atoms with van der Waals surface area (Å²) in [6.45, 7) is 11.5. The van der Waals surface area contributed by atoms with Gasteiger partial charge in [-0.3, -0.25) is 9.88 Å². The molecule has 6 heteroatoms. The van der Waals surface area contributed by atoms with Crippen molar-refractivity contribution in [1.29, 1.82) is 0 Å². The predicted octanol–water partition coefficient (Wildman–Crippen LogP) is 4.24. The van der Waals surface area contributed by atoms with Crippen LogP contribution in [0.5, 0.6) is 0 Å². The fraction of sp³-hybridized carbons (Fsp3) is 0.481. The molecule has 0 aliphatic carbocycles. The molecule has 1 aliphatic rings. The van der Waals surface area contributed by atoms with Gasteiger partial charge in [-0.1, -0.05) is 6.07 Å². The van der Waals surface area contributed by atoms with Crippen LogP contribution in [0.15, 0.2) is 55.1 Å². The van der Waals surface area contributed by atoms with E-state index < -0.39 is 0 Å². The molecule has 0 bridgehead atoms. The molecule has 1 saturated heterocycles. The van der Waals surface area contributed by atoms with Gasteiger partial charge in [0.15, 0.2) is 0 Å². The SMILES string of the molecule is COCCN1CCC(CN(Cc2ccncc2)Cc2c(C)cc(C)cc2-n2cccn2)CC1. The smallest absolute Gasteiger partial charge is 0.0695 e. The number of likely N-dealkylation sites (tertiary alicyclic amines) is 1. The van der Waals surface area contributed by atoms with E-state index in [4.69, 9.17) is 4.74 Å². The van der Waals surface area contributed by atoms with Crippen molar-refractivity contribution in [3.63, 3.8) is 0 Å². The van der Waals surface area contributed by atoms with Crippen LogP contribution in [0.1, 0.15) is 35.1 Å². The summed E-state index contributed by atoms with van der Waals surface area (Å²) in [6.07, 6.45) is 10.2. The molecule has 33 heavy (non-hydrogen) atoms. The van der Waals surface area contributed by atoms with Crippen LogP contribution < -0.4 is 0 Å². The van der Waals surface area contributed by atoms with Gasteiger partial charge in [-0.25, -0.2) is 4.68 Å². The topological polar surface area (TPSA) is 46.4 Å². The van der Waals surface area contributed by atoms with E-state index in [1.807, 2.05) is 35.5 Å². The number of piperidine rings is 1. The first-order chi connectivity index (χ1) is 16.1. The Balaban J connectivity index is 1.53. The molecule has 176 valence electrons. The van der Waals surface area contributed by atoms with Gasteiger partial charge in [-0.15, -0.1) is 0 Å². The summed E-state index contributed by atoms with van der Waals surface area (Å²) in [5, 5.41) is 4.54. The fourth-order valence-electron chi connectivity index (χ4n) is 4.93. The molecule has 0 N–H and O–H groups in total. The Morgan fingerprint density at radius 2 is 1.85 bits per heavy atom. The molecule has 1 aromatic carbocycles. The lowest BCUT2D eigenvalue weighted by molar-refractivity contribution is 0.103. The number of aryl methyl sites for hydroxylation is 2. The zero-order valence-electron chi connectivity index (χ0n) is 20.3. The van der Waals surface area contributed by atoms with E-state index in [1.54, 1.807) is 7.11 Å². The minimum atomic E-state index is 0.713. The quantitative estimate of drug-likeness (QED) is 0.465. The molecule has 0 saturated carbocycles. The van der Waals surface area contributed by atoms with Crippen LogP contribution in [-0.2, 0) is 17.8 Å². The van der Waals surface area contributed by atoms with Gasteiger partial charge in [0.2, 0.25) is 0 Å². The third kappa shape index (κ3) is 6.50. The van der Waals surface area contributed by atoms with Crippen molar-refractivity contribution in [3.05, 3.63) is 77.4 Å². The largest absolute Gasteiger partial charge is 0.383 e. The first-order valence-corrected chi connectivity index (χ1v) is 12.0. The molecular formula is C27H37N5O. The summed E-state index contributed by atoms with van der Waals surface area (Å²) < 4.78 is 7.28. The van der Waals surface area contributed by atoms with E-state index in [0.717, 1.165) is 32.8 Å². The monoisotopic (exact) mass is 447 g/mol. The third-order valence-electron chi connectivity index (χ3n) is 6.72. The Bertz CT molecular complexity index is 981. The Kier molecular flexibility index (Phi) is 8.26. The van der Waals surface area contributed by atoms with Crippen molar-refractivity contribution in [2.45, 2.75) is 39.8 Å². The highest BCUT2D eigenvalue weighted by atomic mass is 16.5. The number of methoxy groups -OCH3 is 1. The van der Waals surface area contributed by atoms with Crippen molar-refractivity contribution < 1.29 is 4.74 Å². The maximum absolute atomic E-state index is 5.27. The van der Waals surface area contributed by atoms with Crippen LogP contribution in [-0.4, -0.2) is 64.5 Å². The number of aromatic nitrogens is 3. The highest BCUT2D eigenvalue weighted by Gasteiger charge is 2.23. The molecule has 3 heterocycles. The Morgan fingerprint density at radius 1 is 1.06 bits per heavy atom. The Morgan fingerprint density at radius 3 is 2.55 bits per heavy atom. The fourth-order valence-corrected chi connectivity index (χ4v) is 4.93. The minimum Gasteiger partial charge on any atom is -0.383 e. The first-order valence-electron chi connectivity index (χ1n) is 12.0. The number of hydrogen-bond donors (Lipinski definition) is 0. The highest BCUT2D eigenvalue weighted by molar-refractivity contribution is 5.48. The minimum absolute atomic E-state index is 0.713. The summed E-state index contributed by atoms with van der Waals surface area (Å²) in [4.78, 5) is 9.37. The zero-order chi connectivity index (χ0) is 23.0. The molecule has 0 radical (unpaired) electrons. The van der Waals surface area contributed by atoms with Crippen molar-refractivity contribution in [1.82, 2.24) is 24.6 Å². The summed E-state index contributed by atoms with van der Waals surface area (Å²) in [7, 11) is 1.79. The number of ether oxygens (including phenoxy) is 1. The van der Waals surface area contributed by atoms with Crippen molar-refractivity contribution in [3.8, 4) is 5.69 Å². The van der Waals surface area contributed by atoms with Gasteiger partial charge in [0.05, 0.1) is 12.3 Å². The lowest BCUT2D eigenvalue weighted by atomic mass is 9.95. The molecule has 0 unspecified atom stereocenters.